The molecule has 0 radical (unpaired) electrons. The molecule has 0 aromatic heterocycles. The molecule has 2 N–H and O–H groups in total. The van der Waals surface area contributed by atoms with Crippen LogP contribution < -0.4 is 5.73 Å². The van der Waals surface area contributed by atoms with E-state index < -0.39 is 5.54 Å². The zero-order chi connectivity index (χ0) is 11.5. The summed E-state index contributed by atoms with van der Waals surface area (Å²) in [4.78, 5) is 13.6. The first-order chi connectivity index (χ1) is 6.91. The Hall–Kier alpha value is -0.320. The molecule has 1 fully saturated rings. The summed E-state index contributed by atoms with van der Waals surface area (Å²) in [5, 5.41) is 0. The summed E-state index contributed by atoms with van der Waals surface area (Å²) < 4.78 is 5.28. The summed E-state index contributed by atoms with van der Waals surface area (Å²) in [7, 11) is 1.83. The van der Waals surface area contributed by atoms with Gasteiger partial charge in [-0.3, -0.25) is 4.79 Å². The van der Waals surface area contributed by atoms with Gasteiger partial charge in [-0.25, -0.2) is 0 Å². The highest BCUT2D eigenvalue weighted by molar-refractivity contribution is 5.85. The number of rotatable bonds is 3. The zero-order valence-corrected chi connectivity index (χ0v) is 11.2. The van der Waals surface area contributed by atoms with Gasteiger partial charge in [0.15, 0.2) is 0 Å². The van der Waals surface area contributed by atoms with Crippen LogP contribution in [0.2, 0.25) is 0 Å². The first kappa shape index (κ1) is 15.7. The van der Waals surface area contributed by atoms with Gasteiger partial charge >= 0.3 is 0 Å². The van der Waals surface area contributed by atoms with Crippen LogP contribution in [0, 0.1) is 5.92 Å². The van der Waals surface area contributed by atoms with E-state index >= 15 is 0 Å². The van der Waals surface area contributed by atoms with Gasteiger partial charge in [0.05, 0.1) is 5.54 Å². The number of amides is 1. The fourth-order valence-electron chi connectivity index (χ4n) is 1.89. The smallest absolute Gasteiger partial charge is 0.241 e. The predicted molar refractivity (Wildman–Crippen MR) is 66.7 cm³/mol. The maximum Gasteiger partial charge on any atom is 0.241 e. The minimum Gasteiger partial charge on any atom is -0.381 e. The van der Waals surface area contributed by atoms with E-state index in [-0.39, 0.29) is 18.3 Å². The van der Waals surface area contributed by atoms with E-state index in [1.54, 1.807) is 18.7 Å². The monoisotopic (exact) mass is 250 g/mol. The largest absolute Gasteiger partial charge is 0.381 e. The summed E-state index contributed by atoms with van der Waals surface area (Å²) in [5.74, 6) is 0.573. The minimum absolute atomic E-state index is 0. The molecule has 16 heavy (non-hydrogen) atoms. The van der Waals surface area contributed by atoms with Gasteiger partial charge in [-0.15, -0.1) is 12.4 Å². The molecule has 0 atom stereocenters. The van der Waals surface area contributed by atoms with Crippen LogP contribution in [0.4, 0.5) is 0 Å². The fraction of sp³-hybridized carbons (Fsp3) is 0.909. The lowest BCUT2D eigenvalue weighted by atomic mass is 9.98. The summed E-state index contributed by atoms with van der Waals surface area (Å²) >= 11 is 0. The third-order valence-electron chi connectivity index (χ3n) is 2.77. The Morgan fingerprint density at radius 1 is 1.44 bits per heavy atom. The van der Waals surface area contributed by atoms with Crippen LogP contribution in [-0.2, 0) is 9.53 Å². The standard InChI is InChI=1S/C11H22N2O2.ClH/c1-11(2,12)10(14)13(3)8-9-4-6-15-7-5-9;/h9H,4-8,12H2,1-3H3;1H. The Morgan fingerprint density at radius 2 is 1.94 bits per heavy atom. The topological polar surface area (TPSA) is 55.6 Å². The van der Waals surface area contributed by atoms with Crippen molar-refractivity contribution in [2.24, 2.45) is 11.7 Å². The molecule has 0 aliphatic carbocycles. The van der Waals surface area contributed by atoms with Gasteiger partial charge in [-0.1, -0.05) is 0 Å². The normalized spacial score (nSPS) is 17.8. The maximum absolute atomic E-state index is 11.8. The van der Waals surface area contributed by atoms with Gasteiger partial charge in [-0.2, -0.15) is 0 Å². The molecule has 0 aromatic rings. The van der Waals surface area contributed by atoms with Crippen molar-refractivity contribution in [3.63, 3.8) is 0 Å². The Kier molecular flexibility index (Phi) is 6.30. The van der Waals surface area contributed by atoms with E-state index in [0.717, 1.165) is 32.6 Å². The molecule has 0 bridgehead atoms. The summed E-state index contributed by atoms with van der Waals surface area (Å²) in [6, 6.07) is 0. The SMILES string of the molecule is CN(CC1CCOCC1)C(=O)C(C)(C)N.Cl. The van der Waals surface area contributed by atoms with Gasteiger partial charge in [0.1, 0.15) is 0 Å². The van der Waals surface area contributed by atoms with Crippen molar-refractivity contribution in [2.75, 3.05) is 26.8 Å². The first-order valence-electron chi connectivity index (χ1n) is 5.53. The summed E-state index contributed by atoms with van der Waals surface area (Å²) in [5.41, 5.74) is 5.01. The molecule has 1 aliphatic rings. The van der Waals surface area contributed by atoms with Crippen LogP contribution in [0.5, 0.6) is 0 Å². The van der Waals surface area contributed by atoms with Crippen LogP contribution in [0.25, 0.3) is 0 Å². The van der Waals surface area contributed by atoms with Crippen LogP contribution in [0.1, 0.15) is 26.7 Å². The molecule has 1 amide bonds. The Labute approximate surface area is 104 Å². The molecule has 1 aliphatic heterocycles. The first-order valence-corrected chi connectivity index (χ1v) is 5.53. The van der Waals surface area contributed by atoms with Crippen molar-refractivity contribution in [1.82, 2.24) is 4.90 Å². The van der Waals surface area contributed by atoms with E-state index in [4.69, 9.17) is 10.5 Å². The van der Waals surface area contributed by atoms with E-state index in [1.165, 1.54) is 0 Å². The molecule has 4 nitrogen and oxygen atoms in total. The van der Waals surface area contributed by atoms with Crippen molar-refractivity contribution in [3.8, 4) is 0 Å². The molecule has 0 spiro atoms. The van der Waals surface area contributed by atoms with E-state index in [0.29, 0.717) is 5.92 Å². The number of hydrogen-bond donors (Lipinski definition) is 1. The number of nitrogens with two attached hydrogens (primary N) is 1. The van der Waals surface area contributed by atoms with Gasteiger partial charge in [0.25, 0.3) is 0 Å². The number of hydrogen-bond acceptors (Lipinski definition) is 3. The number of likely N-dealkylation sites (N-methyl/N-ethyl adjacent to an activating group) is 1. The molecule has 0 aromatic carbocycles. The Bertz CT molecular complexity index is 223. The van der Waals surface area contributed by atoms with Crippen LogP contribution in [0.15, 0.2) is 0 Å². The van der Waals surface area contributed by atoms with Crippen molar-refractivity contribution >= 4 is 18.3 Å². The average molecular weight is 251 g/mol. The van der Waals surface area contributed by atoms with Gasteiger partial charge < -0.3 is 15.4 Å². The third-order valence-corrected chi connectivity index (χ3v) is 2.77. The number of halogens is 1. The molecule has 0 unspecified atom stereocenters. The number of carbonyl (C=O) groups excluding carboxylic acids is 1. The fourth-order valence-corrected chi connectivity index (χ4v) is 1.89. The highest BCUT2D eigenvalue weighted by Gasteiger charge is 2.27. The maximum atomic E-state index is 11.8. The Morgan fingerprint density at radius 3 is 2.38 bits per heavy atom. The quantitative estimate of drug-likeness (QED) is 0.814. The molecule has 5 heteroatoms. The van der Waals surface area contributed by atoms with Crippen LogP contribution in [0.3, 0.4) is 0 Å². The molecular weight excluding hydrogens is 228 g/mol. The number of nitrogens with zero attached hydrogens (tertiary/aromatic N) is 1. The molecule has 0 saturated carbocycles. The second kappa shape index (κ2) is 6.42. The average Bonchev–Trinajstić information content (AvgIpc) is 2.16. The molecular formula is C11H23ClN2O2. The lowest BCUT2D eigenvalue weighted by Crippen LogP contribution is -2.51. The minimum atomic E-state index is -0.764. The van der Waals surface area contributed by atoms with Crippen molar-refractivity contribution < 1.29 is 9.53 Å². The predicted octanol–water partition coefficient (Wildman–Crippen LogP) is 1.03. The third kappa shape index (κ3) is 4.68. The molecule has 1 saturated heterocycles. The van der Waals surface area contributed by atoms with Crippen LogP contribution in [-0.4, -0.2) is 43.2 Å². The van der Waals surface area contributed by atoms with E-state index in [1.807, 2.05) is 7.05 Å². The zero-order valence-electron chi connectivity index (χ0n) is 10.4. The van der Waals surface area contributed by atoms with Gasteiger partial charge in [-0.05, 0) is 32.6 Å². The second-order valence-corrected chi connectivity index (χ2v) is 4.96. The van der Waals surface area contributed by atoms with Crippen LogP contribution >= 0.6 is 12.4 Å². The molecule has 1 heterocycles. The lowest BCUT2D eigenvalue weighted by Gasteiger charge is -2.30. The number of carbonyl (C=O) groups is 1. The van der Waals surface area contributed by atoms with Gasteiger partial charge in [0, 0.05) is 26.8 Å². The van der Waals surface area contributed by atoms with E-state index in [2.05, 4.69) is 0 Å². The van der Waals surface area contributed by atoms with Crippen molar-refractivity contribution in [2.45, 2.75) is 32.2 Å². The highest BCUT2D eigenvalue weighted by atomic mass is 35.5. The van der Waals surface area contributed by atoms with E-state index in [9.17, 15) is 4.79 Å². The highest BCUT2D eigenvalue weighted by Crippen LogP contribution is 2.16. The Balaban J connectivity index is 0.00000225. The second-order valence-electron chi connectivity index (χ2n) is 4.96. The molecule has 1 rings (SSSR count). The van der Waals surface area contributed by atoms with Crippen molar-refractivity contribution in [3.05, 3.63) is 0 Å². The summed E-state index contributed by atoms with van der Waals surface area (Å²) in [6.07, 6.45) is 2.09. The van der Waals surface area contributed by atoms with Gasteiger partial charge in [0.2, 0.25) is 5.91 Å². The lowest BCUT2D eigenvalue weighted by molar-refractivity contribution is -0.135. The molecule has 96 valence electrons. The summed E-state index contributed by atoms with van der Waals surface area (Å²) in [6.45, 7) is 5.92. The number of ether oxygens (including phenoxy) is 1. The van der Waals surface area contributed by atoms with Crippen molar-refractivity contribution in [1.29, 1.82) is 0 Å².